The van der Waals surface area contributed by atoms with Crippen LogP contribution in [0.1, 0.15) is 56.8 Å². The fraction of sp³-hybridized carbons (Fsp3) is 0.733. The molecule has 1 heterocycles. The summed E-state index contributed by atoms with van der Waals surface area (Å²) in [6, 6.07) is 1.74. The molecule has 1 unspecified atom stereocenters. The van der Waals surface area contributed by atoms with Gasteiger partial charge in [-0.3, -0.25) is 4.79 Å². The molecular formula is C15H27N3O2. The zero-order valence-electron chi connectivity index (χ0n) is 13.5. The molecule has 0 fully saturated rings. The van der Waals surface area contributed by atoms with Crippen molar-refractivity contribution in [3.63, 3.8) is 0 Å². The van der Waals surface area contributed by atoms with Gasteiger partial charge in [0.2, 0.25) is 0 Å². The summed E-state index contributed by atoms with van der Waals surface area (Å²) in [6.45, 7) is 8.32. The van der Waals surface area contributed by atoms with Crippen molar-refractivity contribution in [3.8, 4) is 0 Å². The lowest BCUT2D eigenvalue weighted by Gasteiger charge is -2.43. The van der Waals surface area contributed by atoms with Crippen LogP contribution in [0.4, 0.5) is 0 Å². The van der Waals surface area contributed by atoms with Crippen LogP contribution in [-0.2, 0) is 6.42 Å². The van der Waals surface area contributed by atoms with Crippen molar-refractivity contribution in [3.05, 3.63) is 17.5 Å². The molecule has 20 heavy (non-hydrogen) atoms. The van der Waals surface area contributed by atoms with E-state index in [1.807, 2.05) is 13.8 Å². The zero-order valence-corrected chi connectivity index (χ0v) is 13.5. The molecule has 1 aromatic rings. The van der Waals surface area contributed by atoms with Crippen LogP contribution in [0.15, 0.2) is 10.6 Å². The molecule has 1 aromatic heterocycles. The Bertz CT molecular complexity index is 436. The maximum Gasteiger partial charge on any atom is 0.273 e. The van der Waals surface area contributed by atoms with Crippen LogP contribution in [-0.4, -0.2) is 41.6 Å². The Morgan fingerprint density at radius 3 is 2.40 bits per heavy atom. The second kappa shape index (κ2) is 6.88. The van der Waals surface area contributed by atoms with Crippen molar-refractivity contribution in [2.75, 3.05) is 14.1 Å². The van der Waals surface area contributed by atoms with Crippen molar-refractivity contribution in [1.29, 1.82) is 0 Å². The number of carbonyl (C=O) groups excluding carboxylic acids is 1. The molecule has 0 aliphatic heterocycles. The van der Waals surface area contributed by atoms with E-state index in [-0.39, 0.29) is 17.5 Å². The number of amides is 1. The van der Waals surface area contributed by atoms with E-state index < -0.39 is 0 Å². The summed E-state index contributed by atoms with van der Waals surface area (Å²) in [6.07, 6.45) is 2.68. The minimum absolute atomic E-state index is 0.0294. The van der Waals surface area contributed by atoms with E-state index in [0.29, 0.717) is 5.69 Å². The number of nitrogens with zero attached hydrogens (tertiary/aromatic N) is 2. The van der Waals surface area contributed by atoms with Crippen molar-refractivity contribution in [2.24, 2.45) is 0 Å². The molecule has 5 heteroatoms. The van der Waals surface area contributed by atoms with Crippen molar-refractivity contribution in [2.45, 2.75) is 58.5 Å². The number of aromatic nitrogens is 1. The van der Waals surface area contributed by atoms with Crippen LogP contribution in [0.3, 0.4) is 0 Å². The highest BCUT2D eigenvalue weighted by Crippen LogP contribution is 2.25. The van der Waals surface area contributed by atoms with Crippen LogP contribution in [0, 0.1) is 0 Å². The van der Waals surface area contributed by atoms with Gasteiger partial charge in [-0.25, -0.2) is 0 Å². The first-order valence-electron chi connectivity index (χ1n) is 7.35. The molecule has 0 aliphatic carbocycles. The Balaban J connectivity index is 2.82. The van der Waals surface area contributed by atoms with E-state index in [0.717, 1.165) is 25.0 Å². The quantitative estimate of drug-likeness (QED) is 0.834. The lowest BCUT2D eigenvalue weighted by atomic mass is 9.84. The molecule has 1 N–H and O–H groups in total. The van der Waals surface area contributed by atoms with Crippen LogP contribution >= 0.6 is 0 Å². The number of hydrogen-bond donors (Lipinski definition) is 1. The summed E-state index contributed by atoms with van der Waals surface area (Å²) < 4.78 is 5.08. The molecule has 0 radical (unpaired) electrons. The van der Waals surface area contributed by atoms with Gasteiger partial charge in [0, 0.05) is 24.1 Å². The van der Waals surface area contributed by atoms with E-state index in [2.05, 4.69) is 43.3 Å². The predicted molar refractivity (Wildman–Crippen MR) is 79.8 cm³/mol. The molecule has 5 nitrogen and oxygen atoms in total. The average Bonchev–Trinajstić information content (AvgIpc) is 2.89. The van der Waals surface area contributed by atoms with Crippen LogP contribution in [0.25, 0.3) is 0 Å². The largest absolute Gasteiger partial charge is 0.361 e. The number of carbonyl (C=O) groups is 1. The number of hydrogen-bond acceptors (Lipinski definition) is 4. The fourth-order valence-corrected chi connectivity index (χ4v) is 2.87. The van der Waals surface area contributed by atoms with Crippen molar-refractivity contribution < 1.29 is 9.32 Å². The third-order valence-electron chi connectivity index (χ3n) is 4.41. The van der Waals surface area contributed by atoms with Gasteiger partial charge in [0.1, 0.15) is 5.76 Å². The molecule has 1 atom stereocenters. The Hall–Kier alpha value is -1.36. The molecule has 0 spiro atoms. The highest BCUT2D eigenvalue weighted by molar-refractivity contribution is 5.92. The SMILES string of the molecule is CCc1cc(C(=O)NC(C)C(CC)(CC)N(C)C)no1. The summed E-state index contributed by atoms with van der Waals surface area (Å²) in [7, 11) is 4.11. The smallest absolute Gasteiger partial charge is 0.273 e. The molecule has 0 aliphatic rings. The highest BCUT2D eigenvalue weighted by Gasteiger charge is 2.36. The summed E-state index contributed by atoms with van der Waals surface area (Å²) in [5.74, 6) is 0.557. The number of nitrogens with one attached hydrogen (secondary N) is 1. The number of rotatable bonds is 7. The lowest BCUT2D eigenvalue weighted by molar-refractivity contribution is 0.0739. The van der Waals surface area contributed by atoms with Crippen molar-refractivity contribution >= 4 is 5.91 Å². The van der Waals surface area contributed by atoms with Gasteiger partial charge in [-0.15, -0.1) is 0 Å². The van der Waals surface area contributed by atoms with Gasteiger partial charge in [-0.2, -0.15) is 0 Å². The Labute approximate surface area is 121 Å². The van der Waals surface area contributed by atoms with Gasteiger partial charge in [0.15, 0.2) is 5.69 Å². The van der Waals surface area contributed by atoms with Gasteiger partial charge in [0.05, 0.1) is 0 Å². The first-order valence-corrected chi connectivity index (χ1v) is 7.35. The first kappa shape index (κ1) is 16.7. The third-order valence-corrected chi connectivity index (χ3v) is 4.41. The van der Waals surface area contributed by atoms with Crippen LogP contribution in [0.5, 0.6) is 0 Å². The molecule has 1 rings (SSSR count). The second-order valence-corrected chi connectivity index (χ2v) is 5.43. The normalized spacial score (nSPS) is 13.6. The standard InChI is InChI=1S/C15H27N3O2/c1-7-12-10-13(17-20-12)14(19)16-11(4)15(8-2,9-3)18(5)6/h10-11H,7-9H2,1-6H3,(H,16,19). The van der Waals surface area contributed by atoms with E-state index in [1.54, 1.807) is 6.07 Å². The predicted octanol–water partition coefficient (Wildman–Crippen LogP) is 2.48. The third kappa shape index (κ3) is 3.20. The molecule has 1 amide bonds. The number of likely N-dealkylation sites (N-methyl/N-ethyl adjacent to an activating group) is 1. The molecule has 114 valence electrons. The van der Waals surface area contributed by atoms with Gasteiger partial charge >= 0.3 is 0 Å². The van der Waals surface area contributed by atoms with E-state index >= 15 is 0 Å². The van der Waals surface area contributed by atoms with Crippen LogP contribution < -0.4 is 5.32 Å². The van der Waals surface area contributed by atoms with Gasteiger partial charge in [0.25, 0.3) is 5.91 Å². The highest BCUT2D eigenvalue weighted by atomic mass is 16.5. The Morgan fingerprint density at radius 1 is 1.40 bits per heavy atom. The van der Waals surface area contributed by atoms with E-state index in [4.69, 9.17) is 4.52 Å². The van der Waals surface area contributed by atoms with Gasteiger partial charge < -0.3 is 14.7 Å². The summed E-state index contributed by atoms with van der Waals surface area (Å²) >= 11 is 0. The summed E-state index contributed by atoms with van der Waals surface area (Å²) in [4.78, 5) is 14.4. The Morgan fingerprint density at radius 2 is 2.00 bits per heavy atom. The number of aryl methyl sites for hydroxylation is 1. The first-order chi connectivity index (χ1) is 9.41. The zero-order chi connectivity index (χ0) is 15.3. The van der Waals surface area contributed by atoms with E-state index in [1.165, 1.54) is 0 Å². The summed E-state index contributed by atoms with van der Waals surface area (Å²) in [5.41, 5.74) is 0.307. The average molecular weight is 281 g/mol. The van der Waals surface area contributed by atoms with Crippen LogP contribution in [0.2, 0.25) is 0 Å². The Kier molecular flexibility index (Phi) is 5.74. The molecule has 0 saturated heterocycles. The van der Waals surface area contributed by atoms with E-state index in [9.17, 15) is 4.79 Å². The molecule has 0 bridgehead atoms. The minimum atomic E-state index is -0.172. The molecule has 0 aromatic carbocycles. The monoisotopic (exact) mass is 281 g/mol. The minimum Gasteiger partial charge on any atom is -0.361 e. The maximum atomic E-state index is 12.2. The topological polar surface area (TPSA) is 58.4 Å². The second-order valence-electron chi connectivity index (χ2n) is 5.43. The van der Waals surface area contributed by atoms with Gasteiger partial charge in [-0.05, 0) is 33.9 Å². The van der Waals surface area contributed by atoms with Crippen molar-refractivity contribution in [1.82, 2.24) is 15.4 Å². The van der Waals surface area contributed by atoms with Gasteiger partial charge in [-0.1, -0.05) is 25.9 Å². The summed E-state index contributed by atoms with van der Waals surface area (Å²) in [5, 5.41) is 6.87. The molecular weight excluding hydrogens is 254 g/mol. The lowest BCUT2D eigenvalue weighted by Crippen LogP contribution is -2.58. The maximum absolute atomic E-state index is 12.2. The molecule has 0 saturated carbocycles. The fourth-order valence-electron chi connectivity index (χ4n) is 2.87.